The summed E-state index contributed by atoms with van der Waals surface area (Å²) in [4.78, 5) is 39.8. The van der Waals surface area contributed by atoms with E-state index in [9.17, 15) is 19.5 Å². The summed E-state index contributed by atoms with van der Waals surface area (Å²) in [5.41, 5.74) is -0.501. The summed E-state index contributed by atoms with van der Waals surface area (Å²) >= 11 is 0. The summed E-state index contributed by atoms with van der Waals surface area (Å²) in [6.07, 6.45) is 1.44. The molecule has 0 radical (unpaired) electrons. The van der Waals surface area contributed by atoms with E-state index >= 15 is 0 Å². The fourth-order valence-electron chi connectivity index (χ4n) is 4.32. The molecule has 2 aliphatic rings. The molecule has 3 rings (SSSR count). The molecule has 0 aliphatic carbocycles. The van der Waals surface area contributed by atoms with Crippen LogP contribution < -0.4 is 5.32 Å². The van der Waals surface area contributed by atoms with Crippen molar-refractivity contribution in [2.75, 3.05) is 13.2 Å². The quantitative estimate of drug-likeness (QED) is 0.827. The van der Waals surface area contributed by atoms with Gasteiger partial charge in [-0.1, -0.05) is 44.2 Å². The highest BCUT2D eigenvalue weighted by atomic mass is 16.6. The maximum absolute atomic E-state index is 13.2. The van der Waals surface area contributed by atoms with Crippen molar-refractivity contribution in [3.63, 3.8) is 0 Å². The molecule has 2 amide bonds. The second-order valence-corrected chi connectivity index (χ2v) is 8.09. The molecule has 152 valence electrons. The number of benzene rings is 1. The van der Waals surface area contributed by atoms with Gasteiger partial charge in [-0.25, -0.2) is 4.79 Å². The van der Waals surface area contributed by atoms with Gasteiger partial charge in [0.15, 0.2) is 0 Å². The van der Waals surface area contributed by atoms with Crippen LogP contribution >= 0.6 is 0 Å². The molecule has 1 spiro atoms. The van der Waals surface area contributed by atoms with E-state index in [2.05, 4.69) is 5.32 Å². The van der Waals surface area contributed by atoms with Crippen LogP contribution in [0.5, 0.6) is 0 Å². The van der Waals surface area contributed by atoms with Gasteiger partial charge in [-0.05, 0) is 37.2 Å². The Morgan fingerprint density at radius 2 is 2.00 bits per heavy atom. The second-order valence-electron chi connectivity index (χ2n) is 8.09. The lowest BCUT2D eigenvalue weighted by Gasteiger charge is -2.38. The summed E-state index contributed by atoms with van der Waals surface area (Å²) < 4.78 is 5.50. The van der Waals surface area contributed by atoms with Gasteiger partial charge in [-0.15, -0.1) is 0 Å². The fourth-order valence-corrected chi connectivity index (χ4v) is 4.32. The van der Waals surface area contributed by atoms with E-state index < -0.39 is 29.6 Å². The summed E-state index contributed by atoms with van der Waals surface area (Å²) in [6, 6.07) is 8.31. The highest BCUT2D eigenvalue weighted by Gasteiger charge is 2.61. The molecule has 2 saturated heterocycles. The van der Waals surface area contributed by atoms with Gasteiger partial charge in [-0.2, -0.15) is 0 Å². The Hall–Kier alpha value is -2.57. The molecular formula is C21H28N2O5. The van der Waals surface area contributed by atoms with Crippen molar-refractivity contribution < 1.29 is 24.2 Å². The van der Waals surface area contributed by atoms with Crippen molar-refractivity contribution in [3.05, 3.63) is 35.9 Å². The molecule has 2 aliphatic heterocycles. The average molecular weight is 388 g/mol. The van der Waals surface area contributed by atoms with Crippen molar-refractivity contribution in [1.82, 2.24) is 10.2 Å². The lowest BCUT2D eigenvalue weighted by atomic mass is 9.86. The maximum Gasteiger partial charge on any atom is 0.411 e. The Bertz CT molecular complexity index is 736. The third-order valence-corrected chi connectivity index (χ3v) is 5.60. The van der Waals surface area contributed by atoms with Crippen molar-refractivity contribution >= 4 is 18.0 Å². The first kappa shape index (κ1) is 20.2. The number of ether oxygens (including phenoxy) is 1. The third-order valence-electron chi connectivity index (χ3n) is 5.60. The van der Waals surface area contributed by atoms with Crippen LogP contribution in [0.25, 0.3) is 0 Å². The van der Waals surface area contributed by atoms with Gasteiger partial charge in [0.2, 0.25) is 5.91 Å². The molecule has 2 fully saturated rings. The minimum atomic E-state index is -1.20. The Morgan fingerprint density at radius 1 is 1.29 bits per heavy atom. The second kappa shape index (κ2) is 8.20. The first-order chi connectivity index (χ1) is 13.4. The molecule has 2 heterocycles. The number of carbonyl (C=O) groups excluding carboxylic acids is 2. The lowest BCUT2D eigenvalue weighted by molar-refractivity contribution is -0.142. The monoisotopic (exact) mass is 388 g/mol. The Balaban J connectivity index is 2.09. The zero-order chi connectivity index (χ0) is 20.3. The zero-order valence-electron chi connectivity index (χ0n) is 16.4. The van der Waals surface area contributed by atoms with Gasteiger partial charge in [0.1, 0.15) is 5.54 Å². The Morgan fingerprint density at radius 3 is 2.64 bits per heavy atom. The SMILES string of the molecule is CC(C)COC(=O)N1[C@@H](c2ccccc2)[C@@H](C(=O)O)C[C@]12CCCCNC2=O. The largest absolute Gasteiger partial charge is 0.481 e. The molecular weight excluding hydrogens is 360 g/mol. The molecule has 28 heavy (non-hydrogen) atoms. The summed E-state index contributed by atoms with van der Waals surface area (Å²) in [6.45, 7) is 4.61. The third kappa shape index (κ3) is 3.70. The first-order valence-corrected chi connectivity index (χ1v) is 9.89. The van der Waals surface area contributed by atoms with Gasteiger partial charge in [0, 0.05) is 6.54 Å². The Labute approximate surface area is 165 Å². The van der Waals surface area contributed by atoms with Crippen LogP contribution in [0.15, 0.2) is 30.3 Å². The van der Waals surface area contributed by atoms with E-state index in [-0.39, 0.29) is 24.9 Å². The predicted molar refractivity (Wildman–Crippen MR) is 103 cm³/mol. The molecule has 0 unspecified atom stereocenters. The van der Waals surface area contributed by atoms with Crippen molar-refractivity contribution in [3.8, 4) is 0 Å². The number of carbonyl (C=O) groups is 3. The Kier molecular flexibility index (Phi) is 5.91. The fraction of sp³-hybridized carbons (Fsp3) is 0.571. The number of carboxylic acids is 1. The number of likely N-dealkylation sites (tertiary alicyclic amines) is 1. The number of rotatable bonds is 4. The molecule has 1 aromatic carbocycles. The van der Waals surface area contributed by atoms with E-state index in [1.54, 1.807) is 12.1 Å². The smallest absolute Gasteiger partial charge is 0.411 e. The standard InChI is InChI=1S/C21H28N2O5/c1-14(2)13-28-20(27)23-17(15-8-4-3-5-9-15)16(18(24)25)12-21(23)10-6-7-11-22-19(21)26/h3-5,8-9,14,16-17H,6-7,10-13H2,1-2H3,(H,22,26)(H,24,25)/t16-,17-,21-/m0/s1. The van der Waals surface area contributed by atoms with E-state index in [4.69, 9.17) is 4.74 Å². The lowest BCUT2D eigenvalue weighted by Crippen LogP contribution is -2.57. The molecule has 0 aromatic heterocycles. The topological polar surface area (TPSA) is 95.9 Å². The van der Waals surface area contributed by atoms with E-state index in [1.165, 1.54) is 4.90 Å². The van der Waals surface area contributed by atoms with Crippen molar-refractivity contribution in [1.29, 1.82) is 0 Å². The van der Waals surface area contributed by atoms with Crippen LogP contribution in [0.1, 0.15) is 51.1 Å². The molecule has 1 aromatic rings. The average Bonchev–Trinajstić information content (AvgIpc) is 2.92. The van der Waals surface area contributed by atoms with Crippen LogP contribution in [-0.2, 0) is 14.3 Å². The first-order valence-electron chi connectivity index (χ1n) is 9.89. The molecule has 0 bridgehead atoms. The van der Waals surface area contributed by atoms with Gasteiger partial charge >= 0.3 is 12.1 Å². The summed E-state index contributed by atoms with van der Waals surface area (Å²) in [7, 11) is 0. The maximum atomic E-state index is 13.2. The van der Waals surface area contributed by atoms with Crippen molar-refractivity contribution in [2.24, 2.45) is 11.8 Å². The normalized spacial score (nSPS) is 27.5. The minimum absolute atomic E-state index is 0.0878. The highest BCUT2D eigenvalue weighted by Crippen LogP contribution is 2.50. The van der Waals surface area contributed by atoms with E-state index in [0.717, 1.165) is 12.8 Å². The number of nitrogens with zero attached hydrogens (tertiary/aromatic N) is 1. The van der Waals surface area contributed by atoms with Gasteiger partial charge < -0.3 is 15.2 Å². The van der Waals surface area contributed by atoms with Gasteiger partial charge in [0.05, 0.1) is 18.6 Å². The minimum Gasteiger partial charge on any atom is -0.481 e. The van der Waals surface area contributed by atoms with Crippen molar-refractivity contribution in [2.45, 2.75) is 51.1 Å². The number of hydrogen-bond donors (Lipinski definition) is 2. The van der Waals surface area contributed by atoms with Gasteiger partial charge in [0.25, 0.3) is 0 Å². The number of aliphatic carboxylic acids is 1. The molecule has 2 N–H and O–H groups in total. The summed E-state index contributed by atoms with van der Waals surface area (Å²) in [5.74, 6) is -2.03. The van der Waals surface area contributed by atoms with Crippen LogP contribution in [0.4, 0.5) is 4.79 Å². The molecule has 7 nitrogen and oxygen atoms in total. The van der Waals surface area contributed by atoms with Crippen LogP contribution in [-0.4, -0.2) is 46.7 Å². The van der Waals surface area contributed by atoms with Crippen LogP contribution in [0.3, 0.4) is 0 Å². The molecule has 3 atom stereocenters. The van der Waals surface area contributed by atoms with Crippen LogP contribution in [0.2, 0.25) is 0 Å². The predicted octanol–water partition coefficient (Wildman–Crippen LogP) is 2.97. The number of amides is 2. The number of carboxylic acid groups (broad SMARTS) is 1. The van der Waals surface area contributed by atoms with Crippen LogP contribution in [0, 0.1) is 11.8 Å². The summed E-state index contributed by atoms with van der Waals surface area (Å²) in [5, 5.41) is 12.8. The van der Waals surface area contributed by atoms with Gasteiger partial charge in [-0.3, -0.25) is 14.5 Å². The number of nitrogens with one attached hydrogen (secondary N) is 1. The number of hydrogen-bond acceptors (Lipinski definition) is 4. The van der Waals surface area contributed by atoms with E-state index in [0.29, 0.717) is 18.5 Å². The zero-order valence-corrected chi connectivity index (χ0v) is 16.4. The highest BCUT2D eigenvalue weighted by molar-refractivity contribution is 5.93. The molecule has 7 heteroatoms. The molecule has 0 saturated carbocycles. The van der Waals surface area contributed by atoms with E-state index in [1.807, 2.05) is 32.0 Å².